The lowest BCUT2D eigenvalue weighted by molar-refractivity contribution is 0.561. The molecular formula is C14H18FN3. The van der Waals surface area contributed by atoms with Crippen molar-refractivity contribution in [1.82, 2.24) is 5.32 Å². The van der Waals surface area contributed by atoms with Crippen LogP contribution in [0.3, 0.4) is 0 Å². The van der Waals surface area contributed by atoms with Crippen molar-refractivity contribution in [2.75, 3.05) is 18.5 Å². The van der Waals surface area contributed by atoms with Gasteiger partial charge < -0.3 is 4.90 Å². The van der Waals surface area contributed by atoms with Gasteiger partial charge in [-0.05, 0) is 37.5 Å². The lowest BCUT2D eigenvalue weighted by Crippen LogP contribution is -2.33. The van der Waals surface area contributed by atoms with Crippen LogP contribution < -0.4 is 10.2 Å². The monoisotopic (exact) mass is 247 g/mol. The van der Waals surface area contributed by atoms with Gasteiger partial charge in [0.05, 0.1) is 12.1 Å². The number of hydrogen-bond acceptors (Lipinski definition) is 3. The van der Waals surface area contributed by atoms with Gasteiger partial charge >= 0.3 is 0 Å². The Balaban J connectivity index is 1.83. The van der Waals surface area contributed by atoms with Crippen LogP contribution >= 0.6 is 0 Å². The average molecular weight is 247 g/mol. The zero-order valence-electron chi connectivity index (χ0n) is 10.6. The fourth-order valence-electron chi connectivity index (χ4n) is 1.89. The standard InChI is InChI=1S/C14H18FN3/c1-18(14-4-2-3-11(15)9-14)8-7-13(10-16)17-12-5-6-12/h2-4,9,12-13,17H,5-8H2,1H3. The molecule has 1 aliphatic rings. The van der Waals surface area contributed by atoms with Crippen LogP contribution in [0.15, 0.2) is 24.3 Å². The van der Waals surface area contributed by atoms with Crippen LogP contribution in [0.5, 0.6) is 0 Å². The molecule has 0 bridgehead atoms. The number of nitriles is 1. The molecule has 1 aliphatic carbocycles. The third kappa shape index (κ3) is 3.71. The van der Waals surface area contributed by atoms with E-state index in [1.165, 1.54) is 25.0 Å². The minimum atomic E-state index is -0.229. The van der Waals surface area contributed by atoms with Gasteiger partial charge in [-0.25, -0.2) is 4.39 Å². The van der Waals surface area contributed by atoms with E-state index in [0.29, 0.717) is 6.04 Å². The highest BCUT2D eigenvalue weighted by Gasteiger charge is 2.24. The first-order chi connectivity index (χ1) is 8.69. The third-order valence-corrected chi connectivity index (χ3v) is 3.17. The van der Waals surface area contributed by atoms with Gasteiger partial charge in [-0.15, -0.1) is 0 Å². The van der Waals surface area contributed by atoms with Crippen LogP contribution in [0.1, 0.15) is 19.3 Å². The molecule has 1 atom stereocenters. The summed E-state index contributed by atoms with van der Waals surface area (Å²) < 4.78 is 13.1. The molecule has 1 saturated carbocycles. The molecule has 1 unspecified atom stereocenters. The number of anilines is 1. The molecule has 4 heteroatoms. The van der Waals surface area contributed by atoms with Gasteiger partial charge in [-0.1, -0.05) is 6.07 Å². The topological polar surface area (TPSA) is 39.1 Å². The number of halogens is 1. The first-order valence-corrected chi connectivity index (χ1v) is 6.31. The van der Waals surface area contributed by atoms with E-state index in [1.807, 2.05) is 18.0 Å². The maximum Gasteiger partial charge on any atom is 0.125 e. The summed E-state index contributed by atoms with van der Waals surface area (Å²) in [5, 5.41) is 12.3. The van der Waals surface area contributed by atoms with Crippen molar-refractivity contribution in [1.29, 1.82) is 5.26 Å². The maximum atomic E-state index is 13.1. The number of nitrogens with zero attached hydrogens (tertiary/aromatic N) is 2. The van der Waals surface area contributed by atoms with Crippen LogP contribution in [-0.4, -0.2) is 25.7 Å². The van der Waals surface area contributed by atoms with Gasteiger partial charge in [0.2, 0.25) is 0 Å². The second-order valence-corrected chi connectivity index (χ2v) is 4.81. The van der Waals surface area contributed by atoms with Crippen LogP contribution in [0.2, 0.25) is 0 Å². The molecule has 18 heavy (non-hydrogen) atoms. The largest absolute Gasteiger partial charge is 0.374 e. The highest BCUT2D eigenvalue weighted by atomic mass is 19.1. The van der Waals surface area contributed by atoms with E-state index in [4.69, 9.17) is 5.26 Å². The van der Waals surface area contributed by atoms with Crippen molar-refractivity contribution in [3.8, 4) is 6.07 Å². The summed E-state index contributed by atoms with van der Waals surface area (Å²) in [6.07, 6.45) is 3.11. The first kappa shape index (κ1) is 12.8. The molecular weight excluding hydrogens is 229 g/mol. The fourth-order valence-corrected chi connectivity index (χ4v) is 1.89. The molecule has 0 spiro atoms. The molecule has 0 aliphatic heterocycles. The zero-order valence-corrected chi connectivity index (χ0v) is 10.6. The molecule has 0 radical (unpaired) electrons. The summed E-state index contributed by atoms with van der Waals surface area (Å²) in [4.78, 5) is 1.97. The summed E-state index contributed by atoms with van der Waals surface area (Å²) in [5.41, 5.74) is 0.845. The Morgan fingerprint density at radius 3 is 2.94 bits per heavy atom. The molecule has 96 valence electrons. The first-order valence-electron chi connectivity index (χ1n) is 6.31. The molecule has 1 aromatic carbocycles. The lowest BCUT2D eigenvalue weighted by atomic mass is 10.2. The number of benzene rings is 1. The van der Waals surface area contributed by atoms with Gasteiger partial charge in [0.1, 0.15) is 5.82 Å². The summed E-state index contributed by atoms with van der Waals surface area (Å²) >= 11 is 0. The van der Waals surface area contributed by atoms with E-state index in [-0.39, 0.29) is 11.9 Å². The summed E-state index contributed by atoms with van der Waals surface area (Å²) in [6.45, 7) is 0.737. The number of rotatable bonds is 6. The van der Waals surface area contributed by atoms with Gasteiger partial charge in [0.25, 0.3) is 0 Å². The minimum Gasteiger partial charge on any atom is -0.374 e. The van der Waals surface area contributed by atoms with Crippen molar-refractivity contribution >= 4 is 5.69 Å². The van der Waals surface area contributed by atoms with E-state index in [2.05, 4.69) is 11.4 Å². The minimum absolute atomic E-state index is 0.103. The molecule has 0 heterocycles. The van der Waals surface area contributed by atoms with E-state index >= 15 is 0 Å². The van der Waals surface area contributed by atoms with E-state index in [1.54, 1.807) is 6.07 Å². The fraction of sp³-hybridized carbons (Fsp3) is 0.500. The smallest absolute Gasteiger partial charge is 0.125 e. The quantitative estimate of drug-likeness (QED) is 0.838. The molecule has 3 nitrogen and oxygen atoms in total. The summed E-state index contributed by atoms with van der Waals surface area (Å²) in [7, 11) is 1.92. The van der Waals surface area contributed by atoms with Gasteiger partial charge in [-0.3, -0.25) is 5.32 Å². The van der Waals surface area contributed by atoms with Gasteiger partial charge in [-0.2, -0.15) is 5.26 Å². The Hall–Kier alpha value is -1.60. The number of nitrogens with one attached hydrogen (secondary N) is 1. The van der Waals surface area contributed by atoms with Crippen LogP contribution in [-0.2, 0) is 0 Å². The highest BCUT2D eigenvalue weighted by molar-refractivity contribution is 5.45. The SMILES string of the molecule is CN(CCC(C#N)NC1CC1)c1cccc(F)c1. The maximum absolute atomic E-state index is 13.1. The molecule has 1 N–H and O–H groups in total. The molecule has 0 saturated heterocycles. The predicted octanol–water partition coefficient (Wildman–Crippen LogP) is 2.30. The van der Waals surface area contributed by atoms with E-state index in [9.17, 15) is 4.39 Å². The molecule has 1 fully saturated rings. The molecule has 2 rings (SSSR count). The Morgan fingerprint density at radius 1 is 1.56 bits per heavy atom. The van der Waals surface area contributed by atoms with Crippen LogP contribution in [0.25, 0.3) is 0 Å². The van der Waals surface area contributed by atoms with Crippen molar-refractivity contribution in [3.63, 3.8) is 0 Å². The Kier molecular flexibility index (Phi) is 4.16. The third-order valence-electron chi connectivity index (χ3n) is 3.17. The molecule has 0 amide bonds. The van der Waals surface area contributed by atoms with Gasteiger partial charge in [0.15, 0.2) is 0 Å². The Bertz CT molecular complexity index is 437. The second kappa shape index (κ2) is 5.83. The van der Waals surface area contributed by atoms with Crippen molar-refractivity contribution in [2.45, 2.75) is 31.3 Å². The molecule has 0 aromatic heterocycles. The predicted molar refractivity (Wildman–Crippen MR) is 69.8 cm³/mol. The summed E-state index contributed by atoms with van der Waals surface area (Å²) in [6, 6.07) is 9.23. The molecule has 1 aromatic rings. The normalized spacial score (nSPS) is 16.1. The second-order valence-electron chi connectivity index (χ2n) is 4.81. The van der Waals surface area contributed by atoms with Crippen molar-refractivity contribution in [3.05, 3.63) is 30.1 Å². The number of hydrogen-bond donors (Lipinski definition) is 1. The van der Waals surface area contributed by atoms with Gasteiger partial charge in [0, 0.05) is 25.3 Å². The van der Waals surface area contributed by atoms with Crippen LogP contribution in [0, 0.1) is 17.1 Å². The van der Waals surface area contributed by atoms with E-state index in [0.717, 1.165) is 18.7 Å². The zero-order chi connectivity index (χ0) is 13.0. The van der Waals surface area contributed by atoms with Crippen LogP contribution in [0.4, 0.5) is 10.1 Å². The Labute approximate surface area is 107 Å². The lowest BCUT2D eigenvalue weighted by Gasteiger charge is -2.21. The van der Waals surface area contributed by atoms with E-state index < -0.39 is 0 Å². The summed E-state index contributed by atoms with van der Waals surface area (Å²) in [5.74, 6) is -0.229. The van der Waals surface area contributed by atoms with Crippen molar-refractivity contribution < 1.29 is 4.39 Å². The Morgan fingerprint density at radius 2 is 2.33 bits per heavy atom. The highest BCUT2D eigenvalue weighted by Crippen LogP contribution is 2.20. The average Bonchev–Trinajstić information content (AvgIpc) is 3.18. The van der Waals surface area contributed by atoms with Crippen molar-refractivity contribution in [2.24, 2.45) is 0 Å².